The van der Waals surface area contributed by atoms with Crippen LogP contribution < -0.4 is 10.5 Å². The van der Waals surface area contributed by atoms with Crippen LogP contribution in [0.2, 0.25) is 5.02 Å². The molecule has 2 aromatic carbocycles. The van der Waals surface area contributed by atoms with Crippen molar-refractivity contribution in [1.29, 1.82) is 0 Å². The summed E-state index contributed by atoms with van der Waals surface area (Å²) in [6.07, 6.45) is 3.03. The smallest absolute Gasteiger partial charge is 0.124 e. The van der Waals surface area contributed by atoms with Crippen LogP contribution in [-0.2, 0) is 6.42 Å². The molecule has 1 unspecified atom stereocenters. The predicted octanol–water partition coefficient (Wildman–Crippen LogP) is 4.12. The van der Waals surface area contributed by atoms with Gasteiger partial charge in [-0.05, 0) is 36.6 Å². The van der Waals surface area contributed by atoms with Gasteiger partial charge in [0.15, 0.2) is 0 Å². The van der Waals surface area contributed by atoms with Crippen LogP contribution in [0, 0.1) is 0 Å². The maximum absolute atomic E-state index is 6.24. The van der Waals surface area contributed by atoms with Crippen LogP contribution in [-0.4, -0.2) is 6.10 Å². The Hall–Kier alpha value is -1.51. The highest BCUT2D eigenvalue weighted by Gasteiger charge is 2.25. The Morgan fingerprint density at radius 2 is 1.95 bits per heavy atom. The first kappa shape index (κ1) is 13.5. The van der Waals surface area contributed by atoms with Crippen LogP contribution in [0.1, 0.15) is 30.0 Å². The van der Waals surface area contributed by atoms with Gasteiger partial charge in [-0.1, -0.05) is 41.9 Å². The average Bonchev–Trinajstić information content (AvgIpc) is 2.47. The van der Waals surface area contributed by atoms with E-state index in [-0.39, 0.29) is 12.1 Å². The molecule has 0 fully saturated rings. The molecule has 0 aliphatic carbocycles. The van der Waals surface area contributed by atoms with E-state index in [0.29, 0.717) is 5.02 Å². The molecule has 0 radical (unpaired) electrons. The van der Waals surface area contributed by atoms with Gasteiger partial charge in [0.25, 0.3) is 0 Å². The largest absolute Gasteiger partial charge is 0.490 e. The Morgan fingerprint density at radius 1 is 1.15 bits per heavy atom. The fraction of sp³-hybridized carbons (Fsp3) is 0.294. The van der Waals surface area contributed by atoms with Gasteiger partial charge in [0.05, 0.1) is 0 Å². The summed E-state index contributed by atoms with van der Waals surface area (Å²) in [5.74, 6) is 0.881. The van der Waals surface area contributed by atoms with E-state index in [1.165, 1.54) is 5.56 Å². The van der Waals surface area contributed by atoms with E-state index >= 15 is 0 Å². The lowest BCUT2D eigenvalue weighted by Crippen LogP contribution is -2.29. The van der Waals surface area contributed by atoms with Crippen molar-refractivity contribution in [1.82, 2.24) is 0 Å². The summed E-state index contributed by atoms with van der Waals surface area (Å²) in [6.45, 7) is 0. The van der Waals surface area contributed by atoms with E-state index in [0.717, 1.165) is 30.6 Å². The summed E-state index contributed by atoms with van der Waals surface area (Å²) < 4.78 is 6.04. The van der Waals surface area contributed by atoms with Crippen molar-refractivity contribution in [2.24, 2.45) is 5.73 Å². The summed E-state index contributed by atoms with van der Waals surface area (Å²) >= 11 is 6.01. The van der Waals surface area contributed by atoms with E-state index in [1.807, 2.05) is 24.3 Å². The summed E-state index contributed by atoms with van der Waals surface area (Å²) in [4.78, 5) is 0. The molecule has 1 aliphatic rings. The third-order valence-electron chi connectivity index (χ3n) is 3.78. The van der Waals surface area contributed by atoms with Gasteiger partial charge in [0, 0.05) is 23.0 Å². The molecule has 104 valence electrons. The Bertz CT molecular complexity index is 585. The van der Waals surface area contributed by atoms with Gasteiger partial charge in [-0.2, -0.15) is 0 Å². The molecular weight excluding hydrogens is 270 g/mol. The minimum Gasteiger partial charge on any atom is -0.490 e. The summed E-state index contributed by atoms with van der Waals surface area (Å²) in [6, 6.07) is 16.2. The van der Waals surface area contributed by atoms with Crippen LogP contribution in [0.25, 0.3) is 0 Å². The molecule has 1 heterocycles. The van der Waals surface area contributed by atoms with Crippen molar-refractivity contribution >= 4 is 11.6 Å². The molecule has 0 saturated heterocycles. The molecule has 0 amide bonds. The van der Waals surface area contributed by atoms with Crippen LogP contribution in [0.15, 0.2) is 48.5 Å². The predicted molar refractivity (Wildman–Crippen MR) is 82.2 cm³/mol. The summed E-state index contributed by atoms with van der Waals surface area (Å²) in [7, 11) is 0. The van der Waals surface area contributed by atoms with Gasteiger partial charge in [-0.15, -0.1) is 0 Å². The number of benzene rings is 2. The molecule has 1 aliphatic heterocycles. The fourth-order valence-electron chi connectivity index (χ4n) is 2.70. The Balaban J connectivity index is 1.67. The van der Waals surface area contributed by atoms with Gasteiger partial charge in [0.1, 0.15) is 11.9 Å². The first-order valence-electron chi connectivity index (χ1n) is 6.98. The topological polar surface area (TPSA) is 35.2 Å². The molecule has 0 spiro atoms. The third kappa shape index (κ3) is 2.97. The standard InChI is InChI=1S/C17H18ClNO/c18-13-7-9-17-15(10-13)16(19)11-14(20-17)8-6-12-4-2-1-3-5-12/h1-5,7,9-10,14,16H,6,8,11,19H2/t14?,16-/m0/s1. The normalized spacial score (nSPS) is 21.1. The lowest BCUT2D eigenvalue weighted by molar-refractivity contribution is 0.150. The molecule has 0 saturated carbocycles. The average molecular weight is 288 g/mol. The number of nitrogens with two attached hydrogens (primary N) is 1. The summed E-state index contributed by atoms with van der Waals surface area (Å²) in [5.41, 5.74) is 8.60. The molecule has 0 aromatic heterocycles. The lowest BCUT2D eigenvalue weighted by Gasteiger charge is -2.30. The third-order valence-corrected chi connectivity index (χ3v) is 4.01. The quantitative estimate of drug-likeness (QED) is 0.921. The van der Waals surface area contributed by atoms with E-state index in [9.17, 15) is 0 Å². The zero-order valence-corrected chi connectivity index (χ0v) is 12.0. The second-order valence-electron chi connectivity index (χ2n) is 5.29. The SMILES string of the molecule is N[C@H]1CC(CCc2ccccc2)Oc2ccc(Cl)cc21. The van der Waals surface area contributed by atoms with Crippen molar-refractivity contribution in [2.45, 2.75) is 31.4 Å². The van der Waals surface area contributed by atoms with Crippen LogP contribution in [0.5, 0.6) is 5.75 Å². The number of hydrogen-bond donors (Lipinski definition) is 1. The van der Waals surface area contributed by atoms with Gasteiger partial charge in [-0.25, -0.2) is 0 Å². The Morgan fingerprint density at radius 3 is 2.75 bits per heavy atom. The fourth-order valence-corrected chi connectivity index (χ4v) is 2.88. The molecule has 3 rings (SSSR count). The van der Waals surface area contributed by atoms with Gasteiger partial charge in [-0.3, -0.25) is 0 Å². The van der Waals surface area contributed by atoms with Gasteiger partial charge in [0.2, 0.25) is 0 Å². The number of rotatable bonds is 3. The monoisotopic (exact) mass is 287 g/mol. The molecule has 2 nitrogen and oxygen atoms in total. The highest BCUT2D eigenvalue weighted by Crippen LogP contribution is 2.36. The van der Waals surface area contributed by atoms with Crippen LogP contribution in [0.3, 0.4) is 0 Å². The molecule has 3 heteroatoms. The van der Waals surface area contributed by atoms with Gasteiger partial charge >= 0.3 is 0 Å². The van der Waals surface area contributed by atoms with E-state index in [1.54, 1.807) is 0 Å². The molecule has 2 aromatic rings. The maximum Gasteiger partial charge on any atom is 0.124 e. The molecule has 2 N–H and O–H groups in total. The molecule has 20 heavy (non-hydrogen) atoms. The second kappa shape index (κ2) is 5.86. The van der Waals surface area contributed by atoms with Crippen molar-refractivity contribution in [3.05, 3.63) is 64.7 Å². The van der Waals surface area contributed by atoms with Crippen molar-refractivity contribution in [3.8, 4) is 5.75 Å². The molecule has 0 bridgehead atoms. The number of fused-ring (bicyclic) bond motifs is 1. The Kier molecular flexibility index (Phi) is 3.95. The minimum absolute atomic E-state index is 0.0122. The minimum atomic E-state index is 0.0122. The van der Waals surface area contributed by atoms with Crippen molar-refractivity contribution in [3.63, 3.8) is 0 Å². The van der Waals surface area contributed by atoms with Crippen molar-refractivity contribution in [2.75, 3.05) is 0 Å². The van der Waals surface area contributed by atoms with Gasteiger partial charge < -0.3 is 10.5 Å². The number of hydrogen-bond acceptors (Lipinski definition) is 2. The highest BCUT2D eigenvalue weighted by molar-refractivity contribution is 6.30. The number of halogens is 1. The first-order chi connectivity index (χ1) is 9.72. The maximum atomic E-state index is 6.24. The van der Waals surface area contributed by atoms with Crippen molar-refractivity contribution < 1.29 is 4.74 Å². The number of ether oxygens (including phenoxy) is 1. The molecular formula is C17H18ClNO. The van der Waals surface area contributed by atoms with E-state index in [4.69, 9.17) is 22.1 Å². The lowest BCUT2D eigenvalue weighted by atomic mass is 9.94. The highest BCUT2D eigenvalue weighted by atomic mass is 35.5. The van der Waals surface area contributed by atoms with Crippen LogP contribution >= 0.6 is 11.6 Å². The van der Waals surface area contributed by atoms with Crippen LogP contribution in [0.4, 0.5) is 0 Å². The first-order valence-corrected chi connectivity index (χ1v) is 7.36. The second-order valence-corrected chi connectivity index (χ2v) is 5.72. The zero-order chi connectivity index (χ0) is 13.9. The number of aryl methyl sites for hydroxylation is 1. The molecule has 2 atom stereocenters. The summed E-state index contributed by atoms with van der Waals surface area (Å²) in [5, 5.41) is 0.713. The zero-order valence-electron chi connectivity index (χ0n) is 11.3. The Labute approximate surface area is 124 Å². The van der Waals surface area contributed by atoms with E-state index in [2.05, 4.69) is 24.3 Å². The van der Waals surface area contributed by atoms with E-state index < -0.39 is 0 Å².